The van der Waals surface area contributed by atoms with Crippen molar-refractivity contribution in [3.8, 4) is 0 Å². The first-order valence-electron chi connectivity index (χ1n) is 7.23. The lowest BCUT2D eigenvalue weighted by Crippen LogP contribution is -2.26. The predicted molar refractivity (Wildman–Crippen MR) is 86.2 cm³/mol. The summed E-state index contributed by atoms with van der Waals surface area (Å²) in [5.41, 5.74) is 1.27. The third-order valence-electron chi connectivity index (χ3n) is 3.82. The van der Waals surface area contributed by atoms with Crippen LogP contribution in [0.1, 0.15) is 35.5 Å². The number of benzene rings is 1. The van der Waals surface area contributed by atoms with E-state index in [1.807, 2.05) is 32.0 Å². The Morgan fingerprint density at radius 3 is 2.25 bits per heavy atom. The first-order valence-corrected chi connectivity index (χ1v) is 7.60. The van der Waals surface area contributed by atoms with Gasteiger partial charge in [-0.1, -0.05) is 29.8 Å². The van der Waals surface area contributed by atoms with Gasteiger partial charge in [-0.05, 0) is 38.8 Å². The molecule has 1 amide bonds. The Kier molecular flexibility index (Phi) is 4.94. The fourth-order valence-electron chi connectivity index (χ4n) is 2.41. The second kappa shape index (κ2) is 6.47. The van der Waals surface area contributed by atoms with Crippen molar-refractivity contribution in [1.29, 1.82) is 0 Å². The fourth-order valence-corrected chi connectivity index (χ4v) is 2.64. The molecule has 4 nitrogen and oxygen atoms in total. The van der Waals surface area contributed by atoms with Gasteiger partial charge in [0.1, 0.15) is 6.04 Å². The number of hydrogen-bond acceptors (Lipinski definition) is 2. The monoisotopic (exact) mass is 359 g/mol. The Labute approximate surface area is 142 Å². The number of para-hydroxylation sites is 1. The topological polar surface area (TPSA) is 46.9 Å². The van der Waals surface area contributed by atoms with E-state index >= 15 is 0 Å². The molecule has 1 atom stereocenters. The number of nitrogens with one attached hydrogen (secondary N) is 1. The molecule has 1 heterocycles. The van der Waals surface area contributed by atoms with Crippen molar-refractivity contribution in [3.05, 3.63) is 45.7 Å². The molecule has 0 bridgehead atoms. The van der Waals surface area contributed by atoms with Crippen molar-refractivity contribution in [2.24, 2.45) is 0 Å². The maximum Gasteiger partial charge on any atom is 0.436 e. The van der Waals surface area contributed by atoms with Gasteiger partial charge in [0, 0.05) is 5.69 Å². The fraction of sp³-hybridized carbons (Fsp3) is 0.375. The molecule has 130 valence electrons. The standard InChI is InChI=1S/C16H17ClF3N3O/c1-8-6-5-7-9(2)13(8)21-15(24)11(4)23-10(3)12(17)14(22-23)16(18,19)20/h5-7,11H,1-4H3,(H,21,24). The minimum atomic E-state index is -4.67. The van der Waals surface area contributed by atoms with E-state index in [1.165, 1.54) is 13.8 Å². The van der Waals surface area contributed by atoms with Crippen molar-refractivity contribution < 1.29 is 18.0 Å². The maximum absolute atomic E-state index is 12.9. The molecule has 0 saturated heterocycles. The minimum Gasteiger partial charge on any atom is -0.324 e. The Hall–Kier alpha value is -2.02. The molecular formula is C16H17ClF3N3O. The number of nitrogens with zero attached hydrogens (tertiary/aromatic N) is 2. The van der Waals surface area contributed by atoms with Crippen molar-refractivity contribution in [1.82, 2.24) is 9.78 Å². The number of aromatic nitrogens is 2. The average Bonchev–Trinajstić information content (AvgIpc) is 2.78. The molecule has 24 heavy (non-hydrogen) atoms. The van der Waals surface area contributed by atoms with Crippen LogP contribution in [0.25, 0.3) is 0 Å². The molecule has 0 saturated carbocycles. The number of alkyl halides is 3. The van der Waals surface area contributed by atoms with Gasteiger partial charge < -0.3 is 5.32 Å². The van der Waals surface area contributed by atoms with Crippen LogP contribution in [0.15, 0.2) is 18.2 Å². The van der Waals surface area contributed by atoms with Crippen molar-refractivity contribution >= 4 is 23.2 Å². The van der Waals surface area contributed by atoms with E-state index in [9.17, 15) is 18.0 Å². The summed E-state index contributed by atoms with van der Waals surface area (Å²) in [6, 6.07) is 4.59. The van der Waals surface area contributed by atoms with E-state index in [0.29, 0.717) is 5.69 Å². The summed E-state index contributed by atoms with van der Waals surface area (Å²) in [5, 5.41) is 5.74. The van der Waals surface area contributed by atoms with Crippen LogP contribution in [0, 0.1) is 20.8 Å². The summed E-state index contributed by atoms with van der Waals surface area (Å²) >= 11 is 5.72. The average molecular weight is 360 g/mol. The summed E-state index contributed by atoms with van der Waals surface area (Å²) in [7, 11) is 0. The van der Waals surface area contributed by atoms with Gasteiger partial charge in [-0.2, -0.15) is 18.3 Å². The van der Waals surface area contributed by atoms with E-state index in [1.54, 1.807) is 0 Å². The zero-order valence-corrected chi connectivity index (χ0v) is 14.4. The molecule has 1 N–H and O–H groups in total. The quantitative estimate of drug-likeness (QED) is 0.864. The molecular weight excluding hydrogens is 343 g/mol. The first-order chi connectivity index (χ1) is 11.0. The molecule has 1 aromatic carbocycles. The van der Waals surface area contributed by atoms with Crippen LogP contribution >= 0.6 is 11.6 Å². The van der Waals surface area contributed by atoms with Gasteiger partial charge in [0.15, 0.2) is 5.69 Å². The van der Waals surface area contributed by atoms with E-state index in [4.69, 9.17) is 11.6 Å². The largest absolute Gasteiger partial charge is 0.436 e. The number of anilines is 1. The van der Waals surface area contributed by atoms with Crippen LogP contribution in [0.2, 0.25) is 5.02 Å². The maximum atomic E-state index is 12.9. The third kappa shape index (κ3) is 3.40. The van der Waals surface area contributed by atoms with E-state index in [-0.39, 0.29) is 5.69 Å². The molecule has 1 unspecified atom stereocenters. The lowest BCUT2D eigenvalue weighted by molar-refractivity contribution is -0.141. The smallest absolute Gasteiger partial charge is 0.324 e. The number of hydrogen-bond donors (Lipinski definition) is 1. The minimum absolute atomic E-state index is 0.0909. The highest BCUT2D eigenvalue weighted by atomic mass is 35.5. The molecule has 8 heteroatoms. The highest BCUT2D eigenvalue weighted by molar-refractivity contribution is 6.32. The van der Waals surface area contributed by atoms with Crippen LogP contribution in [0.5, 0.6) is 0 Å². The van der Waals surface area contributed by atoms with Crippen LogP contribution in [0.4, 0.5) is 18.9 Å². The predicted octanol–water partition coefficient (Wildman–Crippen LogP) is 4.68. The Morgan fingerprint density at radius 1 is 1.25 bits per heavy atom. The molecule has 1 aromatic heterocycles. The van der Waals surface area contributed by atoms with Gasteiger partial charge >= 0.3 is 6.18 Å². The van der Waals surface area contributed by atoms with E-state index in [2.05, 4.69) is 10.4 Å². The summed E-state index contributed by atoms with van der Waals surface area (Å²) in [4.78, 5) is 12.4. The summed E-state index contributed by atoms with van der Waals surface area (Å²) in [6.07, 6.45) is -4.67. The van der Waals surface area contributed by atoms with Gasteiger partial charge in [-0.15, -0.1) is 0 Å². The van der Waals surface area contributed by atoms with Crippen molar-refractivity contribution in [2.75, 3.05) is 5.32 Å². The highest BCUT2D eigenvalue weighted by Crippen LogP contribution is 2.36. The second-order valence-electron chi connectivity index (χ2n) is 5.62. The number of rotatable bonds is 3. The van der Waals surface area contributed by atoms with Crippen LogP contribution in [-0.2, 0) is 11.0 Å². The molecule has 2 aromatic rings. The number of carbonyl (C=O) groups is 1. The van der Waals surface area contributed by atoms with E-state index < -0.39 is 28.8 Å². The van der Waals surface area contributed by atoms with E-state index in [0.717, 1.165) is 15.8 Å². The van der Waals surface area contributed by atoms with Gasteiger partial charge in [-0.25, -0.2) is 0 Å². The van der Waals surface area contributed by atoms with Gasteiger partial charge in [0.2, 0.25) is 5.91 Å². The molecule has 0 aliphatic carbocycles. The SMILES string of the molecule is Cc1cccc(C)c1NC(=O)C(C)n1nc(C(F)(F)F)c(Cl)c1C. The summed E-state index contributed by atoms with van der Waals surface area (Å²) < 4.78 is 39.7. The molecule has 0 aliphatic rings. The summed E-state index contributed by atoms with van der Waals surface area (Å²) in [6.45, 7) is 6.54. The zero-order valence-electron chi connectivity index (χ0n) is 13.6. The van der Waals surface area contributed by atoms with Gasteiger partial charge in [0.25, 0.3) is 0 Å². The zero-order chi connectivity index (χ0) is 18.2. The molecule has 0 radical (unpaired) electrons. The number of carbonyl (C=O) groups excluding carboxylic acids is 1. The molecule has 2 rings (SSSR count). The molecule has 0 spiro atoms. The Bertz CT molecular complexity index is 763. The molecule has 0 fully saturated rings. The number of aryl methyl sites for hydroxylation is 2. The second-order valence-corrected chi connectivity index (χ2v) is 6.00. The van der Waals surface area contributed by atoms with Crippen LogP contribution in [0.3, 0.4) is 0 Å². The van der Waals surface area contributed by atoms with Crippen LogP contribution in [-0.4, -0.2) is 15.7 Å². The number of halogens is 4. The lowest BCUT2D eigenvalue weighted by atomic mass is 10.1. The van der Waals surface area contributed by atoms with Crippen molar-refractivity contribution in [3.63, 3.8) is 0 Å². The Balaban J connectivity index is 2.32. The summed E-state index contributed by atoms with van der Waals surface area (Å²) in [5.74, 6) is -0.469. The van der Waals surface area contributed by atoms with Crippen molar-refractivity contribution in [2.45, 2.75) is 39.9 Å². The van der Waals surface area contributed by atoms with Gasteiger partial charge in [0.05, 0.1) is 10.7 Å². The highest BCUT2D eigenvalue weighted by Gasteiger charge is 2.39. The van der Waals surface area contributed by atoms with Gasteiger partial charge in [-0.3, -0.25) is 9.48 Å². The van der Waals surface area contributed by atoms with Crippen LogP contribution < -0.4 is 5.32 Å². The third-order valence-corrected chi connectivity index (χ3v) is 4.27. The Morgan fingerprint density at radius 2 is 1.79 bits per heavy atom. The normalized spacial score (nSPS) is 13.0. The number of amides is 1. The first kappa shape index (κ1) is 18.3. The molecule has 0 aliphatic heterocycles. The lowest BCUT2D eigenvalue weighted by Gasteiger charge is -2.17.